The lowest BCUT2D eigenvalue weighted by Gasteiger charge is -2.15. The van der Waals surface area contributed by atoms with E-state index in [1.807, 2.05) is 0 Å². The van der Waals surface area contributed by atoms with Crippen molar-refractivity contribution in [3.05, 3.63) is 0 Å². The van der Waals surface area contributed by atoms with Gasteiger partial charge in [0.25, 0.3) is 0 Å². The van der Waals surface area contributed by atoms with Crippen LogP contribution in [0.1, 0.15) is 12.8 Å². The maximum atomic E-state index is 3.47. The van der Waals surface area contributed by atoms with Crippen molar-refractivity contribution in [2.24, 2.45) is 0 Å². The molecule has 1 heterocycles. The normalized spacial score (nSPS) is 31.5. The van der Waals surface area contributed by atoms with Crippen LogP contribution < -0.4 is 0 Å². The molecule has 0 N–H and O–H groups in total. The van der Waals surface area contributed by atoms with E-state index in [4.69, 9.17) is 0 Å². The first-order valence-electron chi connectivity index (χ1n) is 3.11. The van der Waals surface area contributed by atoms with Gasteiger partial charge in [-0.25, -0.2) is 0 Å². The highest BCUT2D eigenvalue weighted by Gasteiger charge is 2.18. The number of alkyl halides is 1. The molecule has 8 heavy (non-hydrogen) atoms. The molecular formula is C6H12BrN. The minimum atomic E-state index is 0.815. The Morgan fingerprint density at radius 2 is 2.50 bits per heavy atom. The van der Waals surface area contributed by atoms with Gasteiger partial charge in [0.2, 0.25) is 0 Å². The summed E-state index contributed by atoms with van der Waals surface area (Å²) in [6, 6.07) is 0.815. The molecule has 0 bridgehead atoms. The van der Waals surface area contributed by atoms with Crippen molar-refractivity contribution in [2.45, 2.75) is 18.9 Å². The molecule has 1 aliphatic heterocycles. The smallest absolute Gasteiger partial charge is 0.0190 e. The van der Waals surface area contributed by atoms with Gasteiger partial charge in [0.05, 0.1) is 0 Å². The predicted octanol–water partition coefficient (Wildman–Crippen LogP) is 1.48. The van der Waals surface area contributed by atoms with Gasteiger partial charge in [-0.15, -0.1) is 0 Å². The standard InChI is InChI=1S/C6H12BrN/c1-8-4-2-3-6(8)5-7/h6H,2-5H2,1H3/t6-/m1/s1. The first-order valence-corrected chi connectivity index (χ1v) is 4.23. The summed E-state index contributed by atoms with van der Waals surface area (Å²) in [6.45, 7) is 1.29. The molecule has 1 rings (SSSR count). The Labute approximate surface area is 59.2 Å². The van der Waals surface area contributed by atoms with Crippen LogP contribution in [0.3, 0.4) is 0 Å². The molecule has 1 aliphatic rings. The van der Waals surface area contributed by atoms with E-state index in [1.54, 1.807) is 0 Å². The molecule has 1 nitrogen and oxygen atoms in total. The maximum Gasteiger partial charge on any atom is 0.0190 e. The Morgan fingerprint density at radius 1 is 1.75 bits per heavy atom. The summed E-state index contributed by atoms with van der Waals surface area (Å²) in [4.78, 5) is 2.41. The van der Waals surface area contributed by atoms with Crippen LogP contribution in [0.25, 0.3) is 0 Å². The van der Waals surface area contributed by atoms with Gasteiger partial charge in [-0.3, -0.25) is 0 Å². The number of nitrogens with zero attached hydrogens (tertiary/aromatic N) is 1. The zero-order chi connectivity index (χ0) is 5.98. The minimum Gasteiger partial charge on any atom is -0.303 e. The second kappa shape index (κ2) is 2.83. The summed E-state index contributed by atoms with van der Waals surface area (Å²) in [6.07, 6.45) is 2.76. The van der Waals surface area contributed by atoms with Gasteiger partial charge >= 0.3 is 0 Å². The summed E-state index contributed by atoms with van der Waals surface area (Å²) in [7, 11) is 2.19. The lowest BCUT2D eigenvalue weighted by atomic mass is 10.2. The van der Waals surface area contributed by atoms with E-state index >= 15 is 0 Å². The highest BCUT2D eigenvalue weighted by molar-refractivity contribution is 9.09. The summed E-state index contributed by atoms with van der Waals surface area (Å²) >= 11 is 3.47. The fraction of sp³-hybridized carbons (Fsp3) is 1.00. The Kier molecular flexibility index (Phi) is 2.32. The maximum absolute atomic E-state index is 3.47. The largest absolute Gasteiger partial charge is 0.303 e. The number of hydrogen-bond acceptors (Lipinski definition) is 1. The van der Waals surface area contributed by atoms with Crippen molar-refractivity contribution in [1.29, 1.82) is 0 Å². The van der Waals surface area contributed by atoms with Gasteiger partial charge in [-0.1, -0.05) is 15.9 Å². The molecule has 0 aromatic carbocycles. The van der Waals surface area contributed by atoms with E-state index < -0.39 is 0 Å². The molecule has 0 aromatic heterocycles. The average molecular weight is 178 g/mol. The van der Waals surface area contributed by atoms with Gasteiger partial charge in [-0.05, 0) is 26.4 Å². The molecular weight excluding hydrogens is 166 g/mol. The molecule has 1 saturated heterocycles. The topological polar surface area (TPSA) is 3.24 Å². The van der Waals surface area contributed by atoms with Gasteiger partial charge in [0, 0.05) is 11.4 Å². The zero-order valence-electron chi connectivity index (χ0n) is 5.23. The van der Waals surface area contributed by atoms with Crippen LogP contribution >= 0.6 is 15.9 Å². The SMILES string of the molecule is CN1CCC[C@@H]1CBr. The molecule has 0 aromatic rings. The number of rotatable bonds is 1. The van der Waals surface area contributed by atoms with Crippen LogP contribution in [0.4, 0.5) is 0 Å². The van der Waals surface area contributed by atoms with Gasteiger partial charge in [0.15, 0.2) is 0 Å². The third kappa shape index (κ3) is 1.23. The average Bonchev–Trinajstić information content (AvgIpc) is 2.14. The first kappa shape index (κ1) is 6.56. The lowest BCUT2D eigenvalue weighted by molar-refractivity contribution is 0.336. The van der Waals surface area contributed by atoms with Crippen molar-refractivity contribution < 1.29 is 0 Å². The van der Waals surface area contributed by atoms with Crippen LogP contribution in [-0.2, 0) is 0 Å². The van der Waals surface area contributed by atoms with Crippen molar-refractivity contribution in [3.63, 3.8) is 0 Å². The molecule has 0 spiro atoms. The van der Waals surface area contributed by atoms with Crippen LogP contribution in [0.15, 0.2) is 0 Å². The van der Waals surface area contributed by atoms with E-state index in [2.05, 4.69) is 27.9 Å². The molecule has 0 amide bonds. The Morgan fingerprint density at radius 3 is 2.75 bits per heavy atom. The summed E-state index contributed by atoms with van der Waals surface area (Å²) in [5.74, 6) is 0. The summed E-state index contributed by atoms with van der Waals surface area (Å²) in [5, 5.41) is 1.14. The zero-order valence-corrected chi connectivity index (χ0v) is 6.82. The summed E-state index contributed by atoms with van der Waals surface area (Å²) in [5.41, 5.74) is 0. The van der Waals surface area contributed by atoms with Crippen LogP contribution in [0.2, 0.25) is 0 Å². The quantitative estimate of drug-likeness (QED) is 0.549. The fourth-order valence-electron chi connectivity index (χ4n) is 1.17. The lowest BCUT2D eigenvalue weighted by Crippen LogP contribution is -2.25. The molecule has 48 valence electrons. The molecule has 0 aliphatic carbocycles. The number of likely N-dealkylation sites (tertiary alicyclic amines) is 1. The van der Waals surface area contributed by atoms with E-state index in [-0.39, 0.29) is 0 Å². The van der Waals surface area contributed by atoms with E-state index in [9.17, 15) is 0 Å². The van der Waals surface area contributed by atoms with Gasteiger partial charge in [-0.2, -0.15) is 0 Å². The van der Waals surface area contributed by atoms with Gasteiger partial charge < -0.3 is 4.90 Å². The van der Waals surface area contributed by atoms with Crippen molar-refractivity contribution in [2.75, 3.05) is 18.9 Å². The Bertz CT molecular complexity index is 74.9. The molecule has 1 fully saturated rings. The van der Waals surface area contributed by atoms with E-state index in [1.165, 1.54) is 19.4 Å². The fourth-order valence-corrected chi connectivity index (χ4v) is 1.99. The van der Waals surface area contributed by atoms with Crippen LogP contribution in [0.5, 0.6) is 0 Å². The number of halogens is 1. The molecule has 0 saturated carbocycles. The number of hydrogen-bond donors (Lipinski definition) is 0. The molecule has 2 heteroatoms. The summed E-state index contributed by atoms with van der Waals surface area (Å²) < 4.78 is 0. The highest BCUT2D eigenvalue weighted by Crippen LogP contribution is 2.15. The second-order valence-corrected chi connectivity index (χ2v) is 3.08. The van der Waals surface area contributed by atoms with Gasteiger partial charge in [0.1, 0.15) is 0 Å². The molecule has 1 atom stereocenters. The molecule has 0 unspecified atom stereocenters. The first-order chi connectivity index (χ1) is 3.84. The highest BCUT2D eigenvalue weighted by atomic mass is 79.9. The second-order valence-electron chi connectivity index (χ2n) is 2.43. The van der Waals surface area contributed by atoms with E-state index in [0.29, 0.717) is 0 Å². The van der Waals surface area contributed by atoms with E-state index in [0.717, 1.165) is 11.4 Å². The predicted molar refractivity (Wildman–Crippen MR) is 39.4 cm³/mol. The minimum absolute atomic E-state index is 0.815. The third-order valence-corrected chi connectivity index (χ3v) is 2.60. The molecule has 0 radical (unpaired) electrons. The Balaban J connectivity index is 2.30. The van der Waals surface area contributed by atoms with Crippen molar-refractivity contribution in [3.8, 4) is 0 Å². The Hall–Kier alpha value is 0.440. The van der Waals surface area contributed by atoms with Crippen LogP contribution in [-0.4, -0.2) is 29.9 Å². The third-order valence-electron chi connectivity index (χ3n) is 1.85. The van der Waals surface area contributed by atoms with Crippen LogP contribution in [0, 0.1) is 0 Å². The van der Waals surface area contributed by atoms with Crippen molar-refractivity contribution >= 4 is 15.9 Å². The van der Waals surface area contributed by atoms with Crippen molar-refractivity contribution in [1.82, 2.24) is 4.90 Å². The monoisotopic (exact) mass is 177 g/mol.